The summed E-state index contributed by atoms with van der Waals surface area (Å²) in [7, 11) is 0. The van der Waals surface area contributed by atoms with Gasteiger partial charge in [0, 0.05) is 116 Å². The molecule has 8 bridgehead atoms. The fraction of sp³-hybridized carbons (Fsp3) is 0.652. The second kappa shape index (κ2) is 68.0. The molecule has 0 spiro atoms. The number of halogens is 4. The highest BCUT2D eigenvalue weighted by atomic mass is 35.5. The van der Waals surface area contributed by atoms with Gasteiger partial charge in [-0.25, -0.2) is 29.9 Å². The van der Waals surface area contributed by atoms with E-state index >= 15 is 0 Å². The summed E-state index contributed by atoms with van der Waals surface area (Å²) >= 11 is 36.5. The lowest BCUT2D eigenvalue weighted by Crippen LogP contribution is -2.22. The third-order valence-electron chi connectivity index (χ3n) is 19.2. The van der Waals surface area contributed by atoms with Crippen LogP contribution >= 0.6 is 93.5 Å². The Morgan fingerprint density at radius 3 is 0.561 bits per heavy atom. The molecule has 0 saturated heterocycles. The van der Waals surface area contributed by atoms with Gasteiger partial charge in [-0.05, 0) is 104 Å². The quantitative estimate of drug-likeness (QED) is 0.0264. The van der Waals surface area contributed by atoms with Crippen molar-refractivity contribution < 1.29 is 114 Å². The molecule has 0 radical (unpaired) electrons. The van der Waals surface area contributed by atoms with E-state index in [1.54, 1.807) is 0 Å². The van der Waals surface area contributed by atoms with Crippen molar-refractivity contribution in [3.05, 3.63) is 68.6 Å². The van der Waals surface area contributed by atoms with Crippen molar-refractivity contribution in [1.82, 2.24) is 39.9 Å². The van der Waals surface area contributed by atoms with Gasteiger partial charge < -0.3 is 124 Å². The van der Waals surface area contributed by atoms with Crippen LogP contribution in [0.4, 0.5) is 0 Å². The fourth-order valence-electron chi connectivity index (χ4n) is 12.9. The SMILES string of the molecule is CCOCCOCCOCC(COCCOCCOCC)Sc1cc2c(cc1Cl)-c1nc-2nc2[nH]c(nc3nc(nc4[nH]c(n1)c1cc(Cl)c(SC(COCCOCCOCC)COCCOCCOCC)cc41)-c1cc(Cl)c(SC(COCCOCCOCC)COCCOCCOCC)cc1-3)c1cc(SC(COCCOCCOCC)COCCOCCOCC)c(Cl)cc21. The maximum Gasteiger partial charge on any atom is 0.164 e. The first kappa shape index (κ1) is 111. The normalized spacial score (nSPS) is 12.2. The summed E-state index contributed by atoms with van der Waals surface area (Å²) < 4.78 is 141. The molecule has 2 aliphatic rings. The van der Waals surface area contributed by atoms with Crippen molar-refractivity contribution in [2.75, 3.05) is 317 Å². The number of hydrogen-bond acceptors (Lipinski definition) is 34. The number of nitrogens with zero attached hydrogens (tertiary/aromatic N) is 6. The minimum atomic E-state index is -0.280. The lowest BCUT2D eigenvalue weighted by molar-refractivity contribution is 0.00330. The molecular formula is C92H134Cl4N8O24S4. The van der Waals surface area contributed by atoms with Crippen LogP contribution in [0.1, 0.15) is 55.4 Å². The molecular weight excluding hydrogens is 1870 g/mol. The average molecular weight is 2010 g/mol. The number of hydrogen-bond donors (Lipinski definition) is 2. The minimum absolute atomic E-state index is 0.272. The first-order chi connectivity index (χ1) is 64.9. The lowest BCUT2D eigenvalue weighted by atomic mass is 10.1. The molecule has 0 saturated carbocycles. The van der Waals surface area contributed by atoms with Gasteiger partial charge in [-0.15, -0.1) is 47.0 Å². The van der Waals surface area contributed by atoms with Gasteiger partial charge >= 0.3 is 0 Å². The van der Waals surface area contributed by atoms with Gasteiger partial charge in [0.15, 0.2) is 23.3 Å². The molecule has 2 N–H and O–H groups in total. The highest BCUT2D eigenvalue weighted by Crippen LogP contribution is 2.47. The van der Waals surface area contributed by atoms with E-state index in [9.17, 15) is 0 Å². The van der Waals surface area contributed by atoms with E-state index in [0.29, 0.717) is 376 Å². The van der Waals surface area contributed by atoms with Crippen molar-refractivity contribution in [3.63, 3.8) is 0 Å². The fourth-order valence-corrected chi connectivity index (χ4v) is 18.3. The number of H-pyrrole nitrogens is 2. The Morgan fingerprint density at radius 1 is 0.205 bits per heavy atom. The zero-order valence-corrected chi connectivity index (χ0v) is 83.8. The molecule has 132 heavy (non-hydrogen) atoms. The maximum atomic E-state index is 7.63. The van der Waals surface area contributed by atoms with Gasteiger partial charge in [0.1, 0.15) is 22.6 Å². The molecule has 2 aliphatic heterocycles. The van der Waals surface area contributed by atoms with Crippen molar-refractivity contribution in [2.45, 2.75) is 96.0 Å². The Hall–Kier alpha value is -4.16. The van der Waals surface area contributed by atoms with Gasteiger partial charge in [-0.3, -0.25) is 0 Å². The number of aromatic nitrogens is 8. The van der Waals surface area contributed by atoms with Crippen LogP contribution in [-0.4, -0.2) is 378 Å². The number of aromatic amines is 2. The number of nitrogens with one attached hydrogen (secondary N) is 2. The summed E-state index contributed by atoms with van der Waals surface area (Å²) in [4.78, 5) is 43.0. The van der Waals surface area contributed by atoms with Crippen molar-refractivity contribution >= 4 is 138 Å². The second-order valence-electron chi connectivity index (χ2n) is 29.0. The van der Waals surface area contributed by atoms with Crippen LogP contribution in [0.5, 0.6) is 0 Å². The summed E-state index contributed by atoms with van der Waals surface area (Å²) in [6, 6.07) is 15.5. The number of rotatable bonds is 80. The van der Waals surface area contributed by atoms with E-state index in [2.05, 4.69) is 9.97 Å². The summed E-state index contributed by atoms with van der Waals surface area (Å²) in [6.07, 6.45) is 0. The predicted octanol–water partition coefficient (Wildman–Crippen LogP) is 15.9. The summed E-state index contributed by atoms with van der Waals surface area (Å²) in [5.74, 6) is 1.14. The Labute approximate surface area is 812 Å². The van der Waals surface area contributed by atoms with Crippen LogP contribution < -0.4 is 0 Å². The van der Waals surface area contributed by atoms with E-state index in [-0.39, 0.29) is 91.3 Å². The topological polar surface area (TPSA) is 330 Å². The molecule has 0 fully saturated rings. The van der Waals surface area contributed by atoms with Crippen molar-refractivity contribution in [2.24, 2.45) is 0 Å². The standard InChI is InChI=1S/C92H134Cl4N8O24S4/c1-9-105-17-25-113-33-41-121-57-65(58-122-42-34-114-26-18-106-10-2)129-81-53-73-69(49-77(81)93)85-97-86-70-50-78(94)82(130-66(59-123-43-35-115-27-19-107-11-3)60-124-44-36-116-28-20-108-12-4)54-74(70)90(99-86)101-88-72-52-80(96)84(132-68(63-127-47-39-119-31-23-111-15-7)64-128-48-40-120-32-24-112-16-8)56-76(72)92(103-88)104-91-75-55-83(79(95)51-71(75)87(102-91)100-89(73)98-85)131-67(61-125-45-37-117-29-21-109-13-5)62-126-46-38-118-30-22-110-14-6/h49-56,65-68H,9-48,57-64H2,1-8H3,(H2,97,98,99,100,101,102,103,104). The summed E-state index contributed by atoms with van der Waals surface area (Å²) in [6.45, 7) is 35.7. The first-order valence-corrected chi connectivity index (χ1v) is 50.6. The molecule has 9 rings (SSSR count). The highest BCUT2D eigenvalue weighted by molar-refractivity contribution is 8.00. The zero-order valence-electron chi connectivity index (χ0n) is 77.5. The third kappa shape index (κ3) is 40.6. The van der Waals surface area contributed by atoms with E-state index in [4.69, 9.17) is 190 Å². The van der Waals surface area contributed by atoms with Crippen molar-refractivity contribution in [1.29, 1.82) is 0 Å². The molecule has 0 unspecified atom stereocenters. The van der Waals surface area contributed by atoms with Crippen LogP contribution in [0, 0.1) is 0 Å². The third-order valence-corrected chi connectivity index (χ3v) is 25.7. The van der Waals surface area contributed by atoms with Crippen LogP contribution in [0.15, 0.2) is 68.1 Å². The molecule has 0 aliphatic carbocycles. The minimum Gasteiger partial charge on any atom is -0.379 e. The number of ether oxygens (including phenoxy) is 24. The summed E-state index contributed by atoms with van der Waals surface area (Å²) in [5.41, 5.74) is 3.87. The Bertz CT molecular complexity index is 4470. The van der Waals surface area contributed by atoms with Crippen LogP contribution in [0.25, 0.3) is 89.7 Å². The monoisotopic (exact) mass is 2000 g/mol. The Kier molecular flexibility index (Phi) is 57.4. The molecule has 0 amide bonds. The predicted molar refractivity (Wildman–Crippen MR) is 520 cm³/mol. The van der Waals surface area contributed by atoms with E-state index in [1.165, 1.54) is 47.0 Å². The van der Waals surface area contributed by atoms with Gasteiger partial charge in [-0.2, -0.15) is 0 Å². The molecule has 3 aromatic heterocycles. The van der Waals surface area contributed by atoms with Gasteiger partial charge in [0.25, 0.3) is 0 Å². The van der Waals surface area contributed by atoms with Crippen LogP contribution in [-0.2, 0) is 114 Å². The van der Waals surface area contributed by atoms with Gasteiger partial charge in [0.05, 0.1) is 305 Å². The average Bonchev–Trinajstić information content (AvgIpc) is 1.59. The smallest absolute Gasteiger partial charge is 0.164 e. The molecule has 7 aromatic rings. The number of benzene rings is 4. The largest absolute Gasteiger partial charge is 0.379 e. The van der Waals surface area contributed by atoms with Crippen LogP contribution in [0.2, 0.25) is 20.1 Å². The van der Waals surface area contributed by atoms with E-state index < -0.39 is 0 Å². The highest BCUT2D eigenvalue weighted by Gasteiger charge is 2.29. The molecule has 738 valence electrons. The first-order valence-electron chi connectivity index (χ1n) is 45.6. The summed E-state index contributed by atoms with van der Waals surface area (Å²) in [5, 5.41) is 3.07. The Balaban J connectivity index is 1.24. The van der Waals surface area contributed by atoms with Crippen LogP contribution in [0.3, 0.4) is 0 Å². The van der Waals surface area contributed by atoms with Crippen molar-refractivity contribution in [3.8, 4) is 45.6 Å². The molecule has 32 nitrogen and oxygen atoms in total. The molecule has 5 heterocycles. The van der Waals surface area contributed by atoms with Gasteiger partial charge in [-0.1, -0.05) is 46.4 Å². The number of fused-ring (bicyclic) bond motifs is 20. The number of thioether (sulfide) groups is 4. The maximum absolute atomic E-state index is 7.63. The Morgan fingerprint density at radius 2 is 0.364 bits per heavy atom. The lowest BCUT2D eigenvalue weighted by Gasteiger charge is -2.19. The van der Waals surface area contributed by atoms with E-state index in [0.717, 1.165) is 0 Å². The zero-order chi connectivity index (χ0) is 93.2. The molecule has 0 atom stereocenters. The van der Waals surface area contributed by atoms with E-state index in [1.807, 2.05) is 104 Å². The molecule has 40 heteroatoms. The molecule has 4 aromatic carbocycles. The van der Waals surface area contributed by atoms with Gasteiger partial charge in [0.2, 0.25) is 0 Å². The second-order valence-corrected chi connectivity index (χ2v) is 36.0.